The van der Waals surface area contributed by atoms with Crippen molar-refractivity contribution in [3.63, 3.8) is 0 Å². The van der Waals surface area contributed by atoms with Crippen molar-refractivity contribution >= 4 is 16.4 Å². The Kier molecular flexibility index (Phi) is 12.6. The summed E-state index contributed by atoms with van der Waals surface area (Å²) in [4.78, 5) is 10.5. The Morgan fingerprint density at radius 2 is 1.74 bits per heavy atom. The van der Waals surface area contributed by atoms with Crippen molar-refractivity contribution in [2.45, 2.75) is 12.2 Å². The maximum atomic E-state index is 10.8. The third-order valence-electron chi connectivity index (χ3n) is 1.46. The molecule has 0 aromatic carbocycles. The predicted octanol–water partition coefficient (Wildman–Crippen LogP) is -6.94. The minimum absolute atomic E-state index is 0. The van der Waals surface area contributed by atoms with Crippen LogP contribution in [0.5, 0.6) is 0 Å². The monoisotopic (exact) mass is 350 g/mol. The Morgan fingerprint density at radius 1 is 1.37 bits per heavy atom. The van der Waals surface area contributed by atoms with Crippen LogP contribution in [0, 0.1) is 0 Å². The fraction of sp³-hybridized carbons (Fsp3) is 0.500. The molecule has 19 heavy (non-hydrogen) atoms. The quantitative estimate of drug-likeness (QED) is 0.187. The average molecular weight is 350 g/mol. The van der Waals surface area contributed by atoms with Gasteiger partial charge in [-0.25, -0.2) is 4.79 Å². The molecular weight excluding hydrogens is 343 g/mol. The maximum absolute atomic E-state index is 10.8. The second kappa shape index (κ2) is 9.94. The number of esters is 1. The number of hydrogen-bond donors (Lipinski definition) is 3. The van der Waals surface area contributed by atoms with E-state index in [4.69, 9.17) is 32.8 Å². The van der Waals surface area contributed by atoms with E-state index in [-0.39, 0.29) is 46.6 Å². The van der Waals surface area contributed by atoms with Crippen molar-refractivity contribution in [3.8, 4) is 0 Å². The van der Waals surface area contributed by atoms with Crippen molar-refractivity contribution in [1.82, 2.24) is 0 Å². The fourth-order valence-electron chi connectivity index (χ4n) is 0.809. The van der Waals surface area contributed by atoms with E-state index >= 15 is 0 Å². The van der Waals surface area contributed by atoms with Crippen LogP contribution in [0.25, 0.3) is 0 Å². The number of rotatable bonds is 2. The molecular formula is C6H7FeNaO10S. The van der Waals surface area contributed by atoms with E-state index in [0.717, 1.165) is 0 Å². The van der Waals surface area contributed by atoms with Gasteiger partial charge in [-0.2, -0.15) is 0 Å². The molecule has 13 heteroatoms. The summed E-state index contributed by atoms with van der Waals surface area (Å²) in [5.74, 6) is -3.20. The van der Waals surface area contributed by atoms with Crippen LogP contribution in [0.3, 0.4) is 0 Å². The molecule has 1 rings (SSSR count). The Morgan fingerprint density at radius 3 is 1.95 bits per heavy atom. The van der Waals surface area contributed by atoms with Gasteiger partial charge in [-0.1, -0.05) is 0 Å². The first-order valence-electron chi connectivity index (χ1n) is 3.84. The third kappa shape index (κ3) is 9.62. The van der Waals surface area contributed by atoms with E-state index in [1.807, 2.05) is 0 Å². The molecule has 1 aliphatic rings. The summed E-state index contributed by atoms with van der Waals surface area (Å²) in [5.41, 5.74) is 0. The predicted molar refractivity (Wildman–Crippen MR) is 43.1 cm³/mol. The Hall–Kier alpha value is 0.119. The van der Waals surface area contributed by atoms with E-state index in [1.54, 1.807) is 0 Å². The fourth-order valence-corrected chi connectivity index (χ4v) is 0.809. The molecule has 1 aliphatic heterocycles. The molecule has 0 aromatic rings. The molecule has 2 atom stereocenters. The number of cyclic esters (lactones) is 1. The molecule has 0 saturated heterocycles. The van der Waals surface area contributed by atoms with Gasteiger partial charge in [-0.15, -0.1) is 0 Å². The summed E-state index contributed by atoms with van der Waals surface area (Å²) in [5, 5.41) is 36.8. The largest absolute Gasteiger partial charge is 2.00 e. The van der Waals surface area contributed by atoms with Crippen molar-refractivity contribution < 1.29 is 94.1 Å². The molecule has 0 saturated carbocycles. The maximum Gasteiger partial charge on any atom is 2.00 e. The SMILES string of the molecule is O=C1O[C@H]([C@@H](O)CO)C([O-])=C1O.O=S(=O)([O-])[O-].[Fe+2].[Na+]. The minimum atomic E-state index is -5.17. The summed E-state index contributed by atoms with van der Waals surface area (Å²) in [7, 11) is -5.17. The number of aliphatic hydroxyl groups is 3. The topological polar surface area (TPSA) is 190 Å². The molecule has 0 unspecified atom stereocenters. The summed E-state index contributed by atoms with van der Waals surface area (Å²) < 4.78 is 38.3. The van der Waals surface area contributed by atoms with Crippen LogP contribution >= 0.6 is 0 Å². The molecule has 0 aromatic heterocycles. The summed E-state index contributed by atoms with van der Waals surface area (Å²) in [6.45, 7) is -0.711. The molecule has 106 valence electrons. The van der Waals surface area contributed by atoms with E-state index in [9.17, 15) is 9.90 Å². The number of carbonyl (C=O) groups excluding carboxylic acids is 1. The standard InChI is InChI=1S/C6H8O6.Fe.Na.H2O4S/c7-1-2(8)5-3(9)4(10)6(11)12-5;;;1-5(2,3)4/h2,5,7-10H,1H2;;;(H2,1,2,3,4)/q;+2;+1;/p-3/t2-,5+;;;/m0.../s1. The van der Waals surface area contributed by atoms with E-state index in [0.29, 0.717) is 0 Å². The van der Waals surface area contributed by atoms with Gasteiger partial charge >= 0.3 is 52.6 Å². The van der Waals surface area contributed by atoms with Crippen LogP contribution in [0.15, 0.2) is 11.5 Å². The van der Waals surface area contributed by atoms with Crippen LogP contribution in [-0.2, 0) is 37.0 Å². The van der Waals surface area contributed by atoms with Gasteiger partial charge in [0.1, 0.15) is 12.2 Å². The van der Waals surface area contributed by atoms with Crippen molar-refractivity contribution in [1.29, 1.82) is 0 Å². The van der Waals surface area contributed by atoms with Gasteiger partial charge in [-0.05, 0) is 5.76 Å². The number of aliphatic hydroxyl groups excluding tert-OH is 3. The average Bonchev–Trinajstić information content (AvgIpc) is 2.42. The first kappa shape index (κ1) is 24.2. The molecule has 0 aliphatic carbocycles. The van der Waals surface area contributed by atoms with E-state index in [2.05, 4.69) is 4.74 Å². The number of hydrogen-bond acceptors (Lipinski definition) is 10. The molecule has 0 spiro atoms. The molecule has 3 N–H and O–H groups in total. The van der Waals surface area contributed by atoms with Gasteiger partial charge < -0.3 is 34.3 Å². The molecule has 10 nitrogen and oxygen atoms in total. The van der Waals surface area contributed by atoms with Crippen LogP contribution in [0.4, 0.5) is 0 Å². The van der Waals surface area contributed by atoms with E-state index < -0.39 is 46.7 Å². The summed E-state index contributed by atoms with van der Waals surface area (Å²) in [6.07, 6.45) is -2.95. The molecule has 0 fully saturated rings. The first-order chi connectivity index (χ1) is 7.57. The Labute approximate surface area is 140 Å². The summed E-state index contributed by atoms with van der Waals surface area (Å²) >= 11 is 0. The van der Waals surface area contributed by atoms with Crippen LogP contribution in [0.2, 0.25) is 0 Å². The third-order valence-corrected chi connectivity index (χ3v) is 1.46. The molecule has 0 amide bonds. The Balaban J connectivity index is -0.000000320. The van der Waals surface area contributed by atoms with Crippen LogP contribution in [-0.4, -0.2) is 57.6 Å². The molecule has 1 heterocycles. The molecule has 0 radical (unpaired) electrons. The van der Waals surface area contributed by atoms with Gasteiger partial charge in [0.25, 0.3) is 0 Å². The number of carbonyl (C=O) groups is 1. The summed E-state index contributed by atoms with van der Waals surface area (Å²) in [6, 6.07) is 0. The Bertz CT molecular complexity index is 412. The normalized spacial score (nSPS) is 19.4. The second-order valence-corrected chi connectivity index (χ2v) is 3.51. The zero-order valence-electron chi connectivity index (χ0n) is 9.32. The minimum Gasteiger partial charge on any atom is -0.870 e. The van der Waals surface area contributed by atoms with E-state index in [1.165, 1.54) is 0 Å². The van der Waals surface area contributed by atoms with Crippen molar-refractivity contribution in [2.75, 3.05) is 6.61 Å². The van der Waals surface area contributed by atoms with Gasteiger partial charge in [0.05, 0.1) is 6.61 Å². The van der Waals surface area contributed by atoms with Gasteiger partial charge in [0.2, 0.25) is 0 Å². The van der Waals surface area contributed by atoms with Crippen LogP contribution < -0.4 is 34.7 Å². The second-order valence-electron chi connectivity index (χ2n) is 2.70. The molecule has 0 bridgehead atoms. The smallest absolute Gasteiger partial charge is 0.870 e. The van der Waals surface area contributed by atoms with Gasteiger partial charge in [-0.3, -0.25) is 8.42 Å². The van der Waals surface area contributed by atoms with Gasteiger partial charge in [0.15, 0.2) is 5.76 Å². The zero-order chi connectivity index (χ0) is 13.8. The number of ether oxygens (including phenoxy) is 1. The first-order valence-corrected chi connectivity index (χ1v) is 5.18. The van der Waals surface area contributed by atoms with Crippen molar-refractivity contribution in [3.05, 3.63) is 11.5 Å². The van der Waals surface area contributed by atoms with Gasteiger partial charge in [0, 0.05) is 10.4 Å². The van der Waals surface area contributed by atoms with Crippen molar-refractivity contribution in [2.24, 2.45) is 0 Å². The zero-order valence-corrected chi connectivity index (χ0v) is 13.2. The van der Waals surface area contributed by atoms with Crippen LogP contribution in [0.1, 0.15) is 0 Å².